The number of hydrogen-bond acceptors (Lipinski definition) is 5. The Balaban J connectivity index is 1.85. The molecule has 0 saturated carbocycles. The van der Waals surface area contributed by atoms with Gasteiger partial charge in [0, 0.05) is 11.6 Å². The molecule has 0 aromatic heterocycles. The SMILES string of the molecule is C=CCN1C(=O)/C(=C/c2cc(Br)c(OCc3ccc(Cl)cc3)c(OCC)c2)SC1=S. The van der Waals surface area contributed by atoms with Gasteiger partial charge in [0.1, 0.15) is 10.9 Å². The molecule has 3 rings (SSSR count). The third-order valence-electron chi connectivity index (χ3n) is 4.11. The number of rotatable bonds is 8. The number of thioether (sulfide) groups is 1. The zero-order valence-corrected chi connectivity index (χ0v) is 20.2. The second-order valence-electron chi connectivity index (χ2n) is 6.26. The molecule has 0 radical (unpaired) electrons. The van der Waals surface area contributed by atoms with Crippen LogP contribution in [-0.4, -0.2) is 28.3 Å². The molecule has 0 N–H and O–H groups in total. The molecule has 8 heteroatoms. The first kappa shape index (κ1) is 22.9. The Bertz CT molecular complexity index is 1010. The van der Waals surface area contributed by atoms with Gasteiger partial charge >= 0.3 is 0 Å². The third-order valence-corrected chi connectivity index (χ3v) is 6.33. The first-order valence-electron chi connectivity index (χ1n) is 9.12. The quantitative estimate of drug-likeness (QED) is 0.225. The lowest BCUT2D eigenvalue weighted by atomic mass is 10.1. The van der Waals surface area contributed by atoms with E-state index >= 15 is 0 Å². The van der Waals surface area contributed by atoms with Gasteiger partial charge in [-0.05, 0) is 64.3 Å². The fraction of sp³-hybridized carbons (Fsp3) is 0.182. The van der Waals surface area contributed by atoms with E-state index in [1.165, 1.54) is 16.7 Å². The molecule has 1 amide bonds. The van der Waals surface area contributed by atoms with Crippen molar-refractivity contribution in [1.82, 2.24) is 4.90 Å². The Morgan fingerprint density at radius 1 is 1.27 bits per heavy atom. The maximum absolute atomic E-state index is 12.6. The number of carbonyl (C=O) groups is 1. The maximum atomic E-state index is 12.6. The molecule has 1 aliphatic heterocycles. The van der Waals surface area contributed by atoms with Crippen molar-refractivity contribution < 1.29 is 14.3 Å². The summed E-state index contributed by atoms with van der Waals surface area (Å²) in [7, 11) is 0. The average molecular weight is 525 g/mol. The number of hydrogen-bond donors (Lipinski definition) is 0. The topological polar surface area (TPSA) is 38.8 Å². The summed E-state index contributed by atoms with van der Waals surface area (Å²) in [4.78, 5) is 14.7. The van der Waals surface area contributed by atoms with Gasteiger partial charge in [0.05, 0.1) is 16.0 Å². The molecule has 1 saturated heterocycles. The molecule has 0 bridgehead atoms. The van der Waals surface area contributed by atoms with E-state index in [0.29, 0.717) is 45.5 Å². The number of halogens is 2. The van der Waals surface area contributed by atoms with Crippen LogP contribution < -0.4 is 9.47 Å². The van der Waals surface area contributed by atoms with Crippen LogP contribution in [0.2, 0.25) is 5.02 Å². The summed E-state index contributed by atoms with van der Waals surface area (Å²) < 4.78 is 13.1. The molecule has 4 nitrogen and oxygen atoms in total. The fourth-order valence-electron chi connectivity index (χ4n) is 2.75. The third kappa shape index (κ3) is 5.46. The smallest absolute Gasteiger partial charge is 0.266 e. The van der Waals surface area contributed by atoms with Gasteiger partial charge in [0.15, 0.2) is 11.5 Å². The van der Waals surface area contributed by atoms with Crippen molar-refractivity contribution in [1.29, 1.82) is 0 Å². The summed E-state index contributed by atoms with van der Waals surface area (Å²) in [5.41, 5.74) is 1.80. The van der Waals surface area contributed by atoms with E-state index in [4.69, 9.17) is 33.3 Å². The predicted molar refractivity (Wildman–Crippen MR) is 131 cm³/mol. The highest BCUT2D eigenvalue weighted by Gasteiger charge is 2.31. The van der Waals surface area contributed by atoms with E-state index in [1.807, 2.05) is 43.3 Å². The Hall–Kier alpha value is -1.80. The van der Waals surface area contributed by atoms with E-state index in [-0.39, 0.29) is 5.91 Å². The van der Waals surface area contributed by atoms with Crippen molar-refractivity contribution in [3.05, 3.63) is 74.6 Å². The van der Waals surface area contributed by atoms with Crippen molar-refractivity contribution in [2.45, 2.75) is 13.5 Å². The van der Waals surface area contributed by atoms with Crippen molar-refractivity contribution >= 4 is 67.8 Å². The summed E-state index contributed by atoms with van der Waals surface area (Å²) in [5, 5.41) is 0.679. The monoisotopic (exact) mass is 523 g/mol. The van der Waals surface area contributed by atoms with Crippen LogP contribution in [0.5, 0.6) is 11.5 Å². The summed E-state index contributed by atoms with van der Waals surface area (Å²) in [5.74, 6) is 1.07. The first-order chi connectivity index (χ1) is 14.4. The van der Waals surface area contributed by atoms with Crippen LogP contribution in [0.15, 0.2) is 58.4 Å². The largest absolute Gasteiger partial charge is 0.490 e. The minimum absolute atomic E-state index is 0.123. The first-order valence-corrected chi connectivity index (χ1v) is 11.5. The minimum Gasteiger partial charge on any atom is -0.490 e. The average Bonchev–Trinajstić information content (AvgIpc) is 2.97. The standard InChI is InChI=1S/C22H19BrClNO3S2/c1-3-9-25-21(26)19(30-22(25)29)12-15-10-17(23)20(18(11-15)27-4-2)28-13-14-5-7-16(24)8-6-14/h3,5-8,10-12H,1,4,9,13H2,2H3/b19-12-. The van der Waals surface area contributed by atoms with Crippen LogP contribution in [-0.2, 0) is 11.4 Å². The van der Waals surface area contributed by atoms with Crippen LogP contribution in [0.25, 0.3) is 6.08 Å². The summed E-state index contributed by atoms with van der Waals surface area (Å²) >= 11 is 16.1. The zero-order chi connectivity index (χ0) is 21.7. The molecule has 0 unspecified atom stereocenters. The molecule has 0 atom stereocenters. The van der Waals surface area contributed by atoms with Crippen molar-refractivity contribution in [3.63, 3.8) is 0 Å². The second-order valence-corrected chi connectivity index (χ2v) is 9.23. The molecule has 0 spiro atoms. The van der Waals surface area contributed by atoms with E-state index < -0.39 is 0 Å². The molecule has 30 heavy (non-hydrogen) atoms. The maximum Gasteiger partial charge on any atom is 0.266 e. The zero-order valence-electron chi connectivity index (χ0n) is 16.2. The van der Waals surface area contributed by atoms with Crippen molar-refractivity contribution in [2.75, 3.05) is 13.2 Å². The normalized spacial score (nSPS) is 15.0. The van der Waals surface area contributed by atoms with Gasteiger partial charge in [0.2, 0.25) is 0 Å². The Labute approximate surface area is 199 Å². The van der Waals surface area contributed by atoms with Crippen molar-refractivity contribution in [2.24, 2.45) is 0 Å². The molecule has 156 valence electrons. The lowest BCUT2D eigenvalue weighted by molar-refractivity contribution is -0.121. The van der Waals surface area contributed by atoms with Gasteiger partial charge in [-0.1, -0.05) is 53.8 Å². The molecule has 1 aliphatic rings. The molecule has 0 aliphatic carbocycles. The lowest BCUT2D eigenvalue weighted by Gasteiger charge is -2.15. The number of benzene rings is 2. The molecular weight excluding hydrogens is 506 g/mol. The molecular formula is C22H19BrClNO3S2. The van der Waals surface area contributed by atoms with E-state index in [2.05, 4.69) is 22.5 Å². The van der Waals surface area contributed by atoms with Gasteiger partial charge in [-0.3, -0.25) is 9.69 Å². The molecule has 1 heterocycles. The summed E-state index contributed by atoms with van der Waals surface area (Å²) in [6, 6.07) is 11.2. The minimum atomic E-state index is -0.123. The molecule has 2 aromatic carbocycles. The van der Waals surface area contributed by atoms with E-state index in [0.717, 1.165) is 15.6 Å². The number of thiocarbonyl (C=S) groups is 1. The highest BCUT2D eigenvalue weighted by Crippen LogP contribution is 2.39. The number of nitrogens with zero attached hydrogens (tertiary/aromatic N) is 1. The van der Waals surface area contributed by atoms with Crippen molar-refractivity contribution in [3.8, 4) is 11.5 Å². The number of carbonyl (C=O) groups excluding carboxylic acids is 1. The van der Waals surface area contributed by atoms with Crippen LogP contribution in [0.1, 0.15) is 18.1 Å². The van der Waals surface area contributed by atoms with Gasteiger partial charge < -0.3 is 9.47 Å². The second kappa shape index (κ2) is 10.5. The highest BCUT2D eigenvalue weighted by atomic mass is 79.9. The fourth-order valence-corrected chi connectivity index (χ4v) is 4.72. The van der Waals surface area contributed by atoms with Gasteiger partial charge in [0.25, 0.3) is 5.91 Å². The van der Waals surface area contributed by atoms with Crippen LogP contribution >= 0.6 is 51.5 Å². The Morgan fingerprint density at radius 2 is 2.00 bits per heavy atom. The number of ether oxygens (including phenoxy) is 2. The predicted octanol–water partition coefficient (Wildman–Crippen LogP) is 6.47. The Morgan fingerprint density at radius 3 is 2.67 bits per heavy atom. The Kier molecular flexibility index (Phi) is 7.99. The van der Waals surface area contributed by atoms with Crippen LogP contribution in [0.3, 0.4) is 0 Å². The van der Waals surface area contributed by atoms with Gasteiger partial charge in [-0.2, -0.15) is 0 Å². The lowest BCUT2D eigenvalue weighted by Crippen LogP contribution is -2.27. The summed E-state index contributed by atoms with van der Waals surface area (Å²) in [6.45, 7) is 6.83. The van der Waals surface area contributed by atoms with E-state index in [9.17, 15) is 4.79 Å². The van der Waals surface area contributed by atoms with Crippen LogP contribution in [0, 0.1) is 0 Å². The van der Waals surface area contributed by atoms with Crippen LogP contribution in [0.4, 0.5) is 0 Å². The van der Waals surface area contributed by atoms with Gasteiger partial charge in [-0.15, -0.1) is 6.58 Å². The summed E-state index contributed by atoms with van der Waals surface area (Å²) in [6.07, 6.45) is 3.46. The van der Waals surface area contributed by atoms with E-state index in [1.54, 1.807) is 12.2 Å². The molecule has 1 fully saturated rings. The van der Waals surface area contributed by atoms with Gasteiger partial charge in [-0.25, -0.2) is 0 Å². The molecule has 2 aromatic rings. The highest BCUT2D eigenvalue weighted by molar-refractivity contribution is 9.10. The number of amides is 1.